The Balaban J connectivity index is 2.23. The number of nitrogens with two attached hydrogens (primary N) is 1. The zero-order valence-electron chi connectivity index (χ0n) is 9.78. The van der Waals surface area contributed by atoms with E-state index in [4.69, 9.17) is 17.0 Å². The molecule has 3 N–H and O–H groups in total. The standard InChI is InChI=1S/C11H11N3O4S/c1-2-3-18-13-4-6-5-19-10-7(12)9(15)14(10)8(6)11(16)17/h1,4,7,10H,3,5,12H2,(H,16,17)/b13-4+/t7-,10-/m1/s1. The van der Waals surface area contributed by atoms with Crippen LogP contribution in [0.4, 0.5) is 0 Å². The molecule has 0 aromatic rings. The molecule has 0 bridgehead atoms. The van der Waals surface area contributed by atoms with Gasteiger partial charge >= 0.3 is 5.97 Å². The molecule has 0 aromatic heterocycles. The number of β-lactam (4-membered cyclic amide) rings is 1. The van der Waals surface area contributed by atoms with Gasteiger partial charge in [-0.1, -0.05) is 11.1 Å². The van der Waals surface area contributed by atoms with E-state index in [9.17, 15) is 14.7 Å². The van der Waals surface area contributed by atoms with E-state index in [1.807, 2.05) is 0 Å². The van der Waals surface area contributed by atoms with Crippen molar-refractivity contribution in [2.24, 2.45) is 10.9 Å². The number of aliphatic carboxylic acids is 1. The number of rotatable bonds is 4. The highest BCUT2D eigenvalue weighted by atomic mass is 32.2. The first-order chi connectivity index (χ1) is 9.07. The number of carboxylic acids is 1. The van der Waals surface area contributed by atoms with Crippen LogP contribution in [0.2, 0.25) is 0 Å². The summed E-state index contributed by atoms with van der Waals surface area (Å²) >= 11 is 1.39. The molecule has 0 saturated carbocycles. The Hall–Kier alpha value is -1.98. The van der Waals surface area contributed by atoms with Gasteiger partial charge < -0.3 is 15.7 Å². The summed E-state index contributed by atoms with van der Waals surface area (Å²) in [4.78, 5) is 28.8. The van der Waals surface area contributed by atoms with E-state index >= 15 is 0 Å². The average molecular weight is 281 g/mol. The number of hydrogen-bond donors (Lipinski definition) is 2. The van der Waals surface area contributed by atoms with Crippen molar-refractivity contribution in [1.82, 2.24) is 4.90 Å². The van der Waals surface area contributed by atoms with Crippen LogP contribution in [0.15, 0.2) is 16.4 Å². The number of thioether (sulfide) groups is 1. The van der Waals surface area contributed by atoms with Crippen molar-refractivity contribution in [3.63, 3.8) is 0 Å². The van der Waals surface area contributed by atoms with Gasteiger partial charge in [0.2, 0.25) is 5.91 Å². The number of amides is 1. The maximum Gasteiger partial charge on any atom is 0.353 e. The van der Waals surface area contributed by atoms with Crippen molar-refractivity contribution in [2.45, 2.75) is 11.4 Å². The van der Waals surface area contributed by atoms with Gasteiger partial charge in [-0.25, -0.2) is 4.79 Å². The number of nitrogens with zero attached hydrogens (tertiary/aromatic N) is 2. The Morgan fingerprint density at radius 2 is 2.53 bits per heavy atom. The van der Waals surface area contributed by atoms with Crippen molar-refractivity contribution in [2.75, 3.05) is 12.4 Å². The number of hydrogen-bond acceptors (Lipinski definition) is 6. The summed E-state index contributed by atoms with van der Waals surface area (Å²) in [5.74, 6) is 1.03. The SMILES string of the molecule is C#CCO/N=C/C1=C(C(=O)O)N2C(=O)[C@@H](N)[C@H]2SC1. The summed E-state index contributed by atoms with van der Waals surface area (Å²) in [6.07, 6.45) is 6.25. The van der Waals surface area contributed by atoms with Gasteiger partial charge in [-0.3, -0.25) is 9.69 Å². The molecule has 2 atom stereocenters. The molecular weight excluding hydrogens is 270 g/mol. The van der Waals surface area contributed by atoms with Crippen LogP contribution in [0.25, 0.3) is 0 Å². The maximum absolute atomic E-state index is 11.6. The van der Waals surface area contributed by atoms with E-state index in [2.05, 4.69) is 11.1 Å². The Kier molecular flexibility index (Phi) is 3.78. The van der Waals surface area contributed by atoms with Gasteiger partial charge in [0, 0.05) is 11.3 Å². The highest BCUT2D eigenvalue weighted by molar-refractivity contribution is 8.00. The first-order valence-electron chi connectivity index (χ1n) is 5.33. The van der Waals surface area contributed by atoms with Gasteiger partial charge in [-0.05, 0) is 0 Å². The fourth-order valence-electron chi connectivity index (χ4n) is 1.81. The van der Waals surface area contributed by atoms with Gasteiger partial charge in [0.1, 0.15) is 17.1 Å². The van der Waals surface area contributed by atoms with E-state index in [1.54, 1.807) is 0 Å². The second-order valence-electron chi connectivity index (χ2n) is 3.83. The maximum atomic E-state index is 11.6. The monoisotopic (exact) mass is 281 g/mol. The molecule has 7 nitrogen and oxygen atoms in total. The van der Waals surface area contributed by atoms with Gasteiger partial charge in [0.15, 0.2) is 6.61 Å². The summed E-state index contributed by atoms with van der Waals surface area (Å²) < 4.78 is 0. The molecule has 0 aliphatic carbocycles. The molecule has 0 aromatic carbocycles. The number of fused-ring (bicyclic) bond motifs is 1. The van der Waals surface area contributed by atoms with E-state index in [-0.39, 0.29) is 17.7 Å². The molecule has 8 heteroatoms. The molecule has 2 heterocycles. The fraction of sp³-hybridized carbons (Fsp3) is 0.364. The third kappa shape index (κ3) is 2.30. The summed E-state index contributed by atoms with van der Waals surface area (Å²) in [7, 11) is 0. The lowest BCUT2D eigenvalue weighted by Gasteiger charge is -2.47. The predicted octanol–water partition coefficient (Wildman–Crippen LogP) is -0.797. The minimum atomic E-state index is -1.19. The second-order valence-corrected chi connectivity index (χ2v) is 4.93. The minimum Gasteiger partial charge on any atom is -0.477 e. The van der Waals surface area contributed by atoms with Crippen molar-refractivity contribution < 1.29 is 19.5 Å². The molecule has 0 spiro atoms. The van der Waals surface area contributed by atoms with Gasteiger partial charge in [-0.15, -0.1) is 18.2 Å². The van der Waals surface area contributed by atoms with Crippen LogP contribution < -0.4 is 5.73 Å². The smallest absolute Gasteiger partial charge is 0.353 e. The van der Waals surface area contributed by atoms with Crippen LogP contribution in [0, 0.1) is 12.3 Å². The zero-order chi connectivity index (χ0) is 14.0. The van der Waals surface area contributed by atoms with E-state index < -0.39 is 17.9 Å². The molecule has 1 amide bonds. The van der Waals surface area contributed by atoms with Gasteiger partial charge in [0.05, 0.1) is 6.21 Å². The van der Waals surface area contributed by atoms with Crippen molar-refractivity contribution in [3.8, 4) is 12.3 Å². The number of carbonyl (C=O) groups is 2. The van der Waals surface area contributed by atoms with Gasteiger partial charge in [0.25, 0.3) is 0 Å². The minimum absolute atomic E-state index is 0.00449. The van der Waals surface area contributed by atoms with Crippen LogP contribution in [0.3, 0.4) is 0 Å². The Labute approximate surface area is 113 Å². The highest BCUT2D eigenvalue weighted by Crippen LogP contribution is 2.38. The fourth-order valence-corrected chi connectivity index (χ4v) is 3.06. The van der Waals surface area contributed by atoms with Gasteiger partial charge in [-0.2, -0.15) is 0 Å². The second kappa shape index (κ2) is 5.34. The Morgan fingerprint density at radius 3 is 3.16 bits per heavy atom. The van der Waals surface area contributed by atoms with Crippen molar-refractivity contribution >= 4 is 29.9 Å². The third-order valence-electron chi connectivity index (χ3n) is 2.67. The first kappa shape index (κ1) is 13.5. The normalized spacial score (nSPS) is 25.9. The third-order valence-corrected chi connectivity index (χ3v) is 4.00. The Morgan fingerprint density at radius 1 is 1.79 bits per heavy atom. The average Bonchev–Trinajstić information content (AvgIpc) is 2.41. The number of carbonyl (C=O) groups excluding carboxylic acids is 1. The molecular formula is C11H11N3O4S. The Bertz CT molecular complexity index is 523. The lowest BCUT2D eigenvalue weighted by atomic mass is 10.0. The van der Waals surface area contributed by atoms with Crippen LogP contribution in [0.1, 0.15) is 0 Å². The topological polar surface area (TPSA) is 105 Å². The van der Waals surface area contributed by atoms with Crippen LogP contribution in [-0.4, -0.2) is 51.9 Å². The lowest BCUT2D eigenvalue weighted by Crippen LogP contribution is -2.68. The van der Waals surface area contributed by atoms with Crippen LogP contribution >= 0.6 is 11.8 Å². The summed E-state index contributed by atoms with van der Waals surface area (Å²) in [5.41, 5.74) is 5.92. The van der Waals surface area contributed by atoms with E-state index in [1.165, 1.54) is 22.9 Å². The first-order valence-corrected chi connectivity index (χ1v) is 6.38. The molecule has 2 aliphatic heterocycles. The lowest BCUT2D eigenvalue weighted by molar-refractivity contribution is -0.147. The van der Waals surface area contributed by atoms with E-state index in [0.29, 0.717) is 11.3 Å². The van der Waals surface area contributed by atoms with Crippen LogP contribution in [-0.2, 0) is 14.4 Å². The number of terminal acetylenes is 1. The molecule has 1 fully saturated rings. The summed E-state index contributed by atoms with van der Waals surface area (Å²) in [5, 5.41) is 12.5. The molecule has 19 heavy (non-hydrogen) atoms. The molecule has 1 saturated heterocycles. The number of oxime groups is 1. The predicted molar refractivity (Wildman–Crippen MR) is 69.0 cm³/mol. The van der Waals surface area contributed by atoms with Crippen molar-refractivity contribution in [3.05, 3.63) is 11.3 Å². The van der Waals surface area contributed by atoms with Crippen LogP contribution in [0.5, 0.6) is 0 Å². The zero-order valence-corrected chi connectivity index (χ0v) is 10.6. The largest absolute Gasteiger partial charge is 0.477 e. The molecule has 2 rings (SSSR count). The summed E-state index contributed by atoms with van der Waals surface area (Å²) in [6.45, 7) is -0.00449. The number of carboxylic acid groups (broad SMARTS) is 1. The molecule has 0 radical (unpaired) electrons. The quantitative estimate of drug-likeness (QED) is 0.230. The molecule has 0 unspecified atom stereocenters. The van der Waals surface area contributed by atoms with Crippen molar-refractivity contribution in [1.29, 1.82) is 0 Å². The summed E-state index contributed by atoms with van der Waals surface area (Å²) in [6, 6.07) is -0.643. The highest BCUT2D eigenvalue weighted by Gasteiger charge is 2.51. The molecule has 100 valence electrons. The van der Waals surface area contributed by atoms with E-state index in [0.717, 1.165) is 0 Å². The molecule has 2 aliphatic rings.